The van der Waals surface area contributed by atoms with Crippen LogP contribution in [0.2, 0.25) is 0 Å². The van der Waals surface area contributed by atoms with E-state index in [1.807, 2.05) is 20.8 Å². The lowest BCUT2D eigenvalue weighted by atomic mass is 9.95. The van der Waals surface area contributed by atoms with Crippen molar-refractivity contribution in [2.45, 2.75) is 45.8 Å². The van der Waals surface area contributed by atoms with Crippen LogP contribution in [0.1, 0.15) is 34.1 Å². The molecule has 1 fully saturated rings. The number of piperidine rings is 1. The van der Waals surface area contributed by atoms with E-state index in [-0.39, 0.29) is 12.1 Å². The van der Waals surface area contributed by atoms with E-state index in [2.05, 4.69) is 17.6 Å². The van der Waals surface area contributed by atoms with E-state index in [1.165, 1.54) is 0 Å². The molecule has 1 amide bonds. The van der Waals surface area contributed by atoms with Gasteiger partial charge < -0.3 is 15.4 Å². The molecule has 1 aliphatic heterocycles. The van der Waals surface area contributed by atoms with Gasteiger partial charge in [0.25, 0.3) is 0 Å². The molecule has 0 aliphatic carbocycles. The van der Waals surface area contributed by atoms with Gasteiger partial charge >= 0.3 is 6.09 Å². The molecule has 4 heteroatoms. The van der Waals surface area contributed by atoms with Crippen LogP contribution in [-0.4, -0.2) is 30.8 Å². The highest BCUT2D eigenvalue weighted by Crippen LogP contribution is 2.12. The molecule has 0 saturated carbocycles. The van der Waals surface area contributed by atoms with Crippen molar-refractivity contribution in [3.8, 4) is 0 Å². The molecule has 0 bridgehead atoms. The number of amides is 1. The molecule has 1 heterocycles. The summed E-state index contributed by atoms with van der Waals surface area (Å²) in [5, 5.41) is 6.16. The van der Waals surface area contributed by atoms with Crippen LogP contribution in [0.15, 0.2) is 0 Å². The normalized spacial score (nSPS) is 27.2. The highest BCUT2D eigenvalue weighted by Gasteiger charge is 2.25. The Kier molecular flexibility index (Phi) is 3.97. The first-order valence-corrected chi connectivity index (χ1v) is 5.59. The van der Waals surface area contributed by atoms with Crippen molar-refractivity contribution in [1.82, 2.24) is 10.6 Å². The molecule has 2 N–H and O–H groups in total. The molecule has 1 rings (SSSR count). The first-order chi connectivity index (χ1) is 6.88. The first-order valence-electron chi connectivity index (χ1n) is 5.59. The summed E-state index contributed by atoms with van der Waals surface area (Å²) in [6, 6.07) is 0.189. The van der Waals surface area contributed by atoms with Gasteiger partial charge in [-0.1, -0.05) is 6.92 Å². The topological polar surface area (TPSA) is 50.4 Å². The van der Waals surface area contributed by atoms with Crippen LogP contribution in [0.3, 0.4) is 0 Å². The summed E-state index contributed by atoms with van der Waals surface area (Å²) in [5.74, 6) is 0.513. The SMILES string of the molecule is CC1CCNC[C@@H]1NC(=O)OC(C)(C)C. The molecule has 1 saturated heterocycles. The number of carbonyl (C=O) groups is 1. The minimum Gasteiger partial charge on any atom is -0.444 e. The quantitative estimate of drug-likeness (QED) is 0.695. The summed E-state index contributed by atoms with van der Waals surface area (Å²) < 4.78 is 5.21. The maximum atomic E-state index is 11.5. The average Bonchev–Trinajstić information content (AvgIpc) is 2.05. The number of rotatable bonds is 1. The van der Waals surface area contributed by atoms with Crippen molar-refractivity contribution < 1.29 is 9.53 Å². The standard InChI is InChI=1S/C11H22N2O2/c1-8-5-6-12-7-9(8)13-10(14)15-11(2,3)4/h8-9,12H,5-7H2,1-4H3,(H,13,14)/t8?,9-/m0/s1. The van der Waals surface area contributed by atoms with Crippen LogP contribution in [0.25, 0.3) is 0 Å². The van der Waals surface area contributed by atoms with Gasteiger partial charge in [-0.15, -0.1) is 0 Å². The Morgan fingerprint density at radius 3 is 2.67 bits per heavy atom. The lowest BCUT2D eigenvalue weighted by Gasteiger charge is -2.31. The van der Waals surface area contributed by atoms with Crippen molar-refractivity contribution in [3.05, 3.63) is 0 Å². The molecule has 0 aromatic carbocycles. The molecular formula is C11H22N2O2. The number of nitrogens with one attached hydrogen (secondary N) is 2. The van der Waals surface area contributed by atoms with Gasteiger partial charge in [-0.2, -0.15) is 0 Å². The van der Waals surface area contributed by atoms with Gasteiger partial charge in [0.1, 0.15) is 5.60 Å². The molecule has 0 aromatic rings. The minimum atomic E-state index is -0.421. The smallest absolute Gasteiger partial charge is 0.407 e. The Morgan fingerprint density at radius 1 is 1.47 bits per heavy atom. The minimum absolute atomic E-state index is 0.189. The summed E-state index contributed by atoms with van der Waals surface area (Å²) in [4.78, 5) is 11.5. The molecule has 88 valence electrons. The van der Waals surface area contributed by atoms with Crippen molar-refractivity contribution >= 4 is 6.09 Å². The van der Waals surface area contributed by atoms with Crippen molar-refractivity contribution in [2.24, 2.45) is 5.92 Å². The third kappa shape index (κ3) is 4.51. The van der Waals surface area contributed by atoms with E-state index >= 15 is 0 Å². The predicted octanol–water partition coefficient (Wildman–Crippen LogP) is 1.51. The number of carbonyl (C=O) groups excluding carboxylic acids is 1. The highest BCUT2D eigenvalue weighted by atomic mass is 16.6. The average molecular weight is 214 g/mol. The van der Waals surface area contributed by atoms with Crippen LogP contribution in [0, 0.1) is 5.92 Å². The summed E-state index contributed by atoms with van der Waals surface area (Å²) in [6.45, 7) is 9.64. The monoisotopic (exact) mass is 214 g/mol. The fraction of sp³-hybridized carbons (Fsp3) is 0.909. The molecule has 15 heavy (non-hydrogen) atoms. The fourth-order valence-corrected chi connectivity index (χ4v) is 1.64. The van der Waals surface area contributed by atoms with Crippen LogP contribution >= 0.6 is 0 Å². The van der Waals surface area contributed by atoms with Gasteiger partial charge in [0.05, 0.1) is 0 Å². The van der Waals surface area contributed by atoms with Crippen LogP contribution in [0.5, 0.6) is 0 Å². The third-order valence-electron chi connectivity index (χ3n) is 2.53. The van der Waals surface area contributed by atoms with E-state index in [4.69, 9.17) is 4.74 Å². The Hall–Kier alpha value is -0.770. The van der Waals surface area contributed by atoms with Crippen LogP contribution in [0.4, 0.5) is 4.79 Å². The van der Waals surface area contributed by atoms with E-state index in [0.29, 0.717) is 5.92 Å². The summed E-state index contributed by atoms with van der Waals surface area (Å²) >= 11 is 0. The largest absolute Gasteiger partial charge is 0.444 e. The van der Waals surface area contributed by atoms with E-state index < -0.39 is 5.60 Å². The molecule has 0 spiro atoms. The maximum Gasteiger partial charge on any atom is 0.407 e. The Bertz CT molecular complexity index is 223. The van der Waals surface area contributed by atoms with Gasteiger partial charge in [0, 0.05) is 12.6 Å². The second kappa shape index (κ2) is 4.84. The number of hydrogen-bond donors (Lipinski definition) is 2. The van der Waals surface area contributed by atoms with Gasteiger partial charge in [-0.05, 0) is 39.7 Å². The number of ether oxygens (including phenoxy) is 1. The Balaban J connectivity index is 2.36. The fourth-order valence-electron chi connectivity index (χ4n) is 1.64. The molecule has 1 aliphatic rings. The van der Waals surface area contributed by atoms with Gasteiger partial charge in [0.2, 0.25) is 0 Å². The molecule has 2 atom stereocenters. The maximum absolute atomic E-state index is 11.5. The van der Waals surface area contributed by atoms with Crippen molar-refractivity contribution in [3.63, 3.8) is 0 Å². The second-order valence-corrected chi connectivity index (χ2v) is 5.22. The van der Waals surface area contributed by atoms with E-state index in [1.54, 1.807) is 0 Å². The van der Waals surface area contributed by atoms with Gasteiger partial charge in [-0.25, -0.2) is 4.79 Å². The molecular weight excluding hydrogens is 192 g/mol. The molecule has 0 radical (unpaired) electrons. The first kappa shape index (κ1) is 12.3. The lowest BCUT2D eigenvalue weighted by molar-refractivity contribution is 0.0479. The second-order valence-electron chi connectivity index (χ2n) is 5.22. The molecule has 4 nitrogen and oxygen atoms in total. The lowest BCUT2D eigenvalue weighted by Crippen LogP contribution is -2.51. The number of hydrogen-bond acceptors (Lipinski definition) is 3. The predicted molar refractivity (Wildman–Crippen MR) is 59.8 cm³/mol. The molecule has 1 unspecified atom stereocenters. The summed E-state index contributed by atoms with van der Waals surface area (Å²) in [5.41, 5.74) is -0.421. The van der Waals surface area contributed by atoms with Gasteiger partial charge in [0.15, 0.2) is 0 Å². The van der Waals surface area contributed by atoms with E-state index in [0.717, 1.165) is 19.5 Å². The number of alkyl carbamates (subject to hydrolysis) is 1. The van der Waals surface area contributed by atoms with Crippen molar-refractivity contribution in [2.75, 3.05) is 13.1 Å². The van der Waals surface area contributed by atoms with Gasteiger partial charge in [-0.3, -0.25) is 0 Å². The van der Waals surface area contributed by atoms with Crippen LogP contribution < -0.4 is 10.6 Å². The van der Waals surface area contributed by atoms with Crippen molar-refractivity contribution in [1.29, 1.82) is 0 Å². The highest BCUT2D eigenvalue weighted by molar-refractivity contribution is 5.68. The zero-order chi connectivity index (χ0) is 11.5. The molecule has 0 aromatic heterocycles. The third-order valence-corrected chi connectivity index (χ3v) is 2.53. The summed E-state index contributed by atoms with van der Waals surface area (Å²) in [7, 11) is 0. The summed E-state index contributed by atoms with van der Waals surface area (Å²) in [6.07, 6.45) is 0.781. The Morgan fingerprint density at radius 2 is 2.13 bits per heavy atom. The van der Waals surface area contributed by atoms with E-state index in [9.17, 15) is 4.79 Å². The van der Waals surface area contributed by atoms with Crippen LogP contribution in [-0.2, 0) is 4.74 Å². The zero-order valence-corrected chi connectivity index (χ0v) is 10.1. The Labute approximate surface area is 91.8 Å². The zero-order valence-electron chi connectivity index (χ0n) is 10.1.